The van der Waals surface area contributed by atoms with Gasteiger partial charge in [-0.2, -0.15) is 0 Å². The van der Waals surface area contributed by atoms with Crippen molar-refractivity contribution < 1.29 is 9.84 Å². The van der Waals surface area contributed by atoms with E-state index in [2.05, 4.69) is 0 Å². The summed E-state index contributed by atoms with van der Waals surface area (Å²) in [6.45, 7) is 2.00. The average molecular weight is 128 g/mol. The second-order valence-corrected chi connectivity index (χ2v) is 3.24. The molecule has 1 heterocycles. The van der Waals surface area contributed by atoms with Gasteiger partial charge in [-0.1, -0.05) is 0 Å². The molecule has 0 aromatic heterocycles. The minimum absolute atomic E-state index is 0.141. The van der Waals surface area contributed by atoms with Crippen molar-refractivity contribution in [3.63, 3.8) is 0 Å². The Hall–Kier alpha value is -0.0800. The molecule has 2 nitrogen and oxygen atoms in total. The molecule has 52 valence electrons. The molecule has 1 saturated carbocycles. The van der Waals surface area contributed by atoms with Crippen LogP contribution in [0.3, 0.4) is 0 Å². The smallest absolute Gasteiger partial charge is 0.118 e. The monoisotopic (exact) mass is 128 g/mol. The highest BCUT2D eigenvalue weighted by molar-refractivity contribution is 5.06. The average Bonchev–Trinajstić information content (AvgIpc) is 2.44. The fourth-order valence-corrected chi connectivity index (χ4v) is 1.69. The normalized spacial score (nSPS) is 56.7. The molecule has 9 heavy (non-hydrogen) atoms. The molecular formula is C7H12O2. The number of ether oxygens (including phenoxy) is 1. The highest BCUT2D eigenvalue weighted by atomic mass is 16.6. The molecule has 0 bridgehead atoms. The van der Waals surface area contributed by atoms with Gasteiger partial charge in [0.15, 0.2) is 0 Å². The lowest BCUT2D eigenvalue weighted by molar-refractivity contribution is 0.0744. The van der Waals surface area contributed by atoms with Gasteiger partial charge in [0.2, 0.25) is 0 Å². The summed E-state index contributed by atoms with van der Waals surface area (Å²) in [6.07, 6.45) is 3.37. The van der Waals surface area contributed by atoms with E-state index < -0.39 is 0 Å². The lowest BCUT2D eigenvalue weighted by Gasteiger charge is -2.18. The van der Waals surface area contributed by atoms with Gasteiger partial charge in [0.1, 0.15) is 5.60 Å². The minimum atomic E-state index is -0.198. The predicted molar refractivity (Wildman–Crippen MR) is 33.1 cm³/mol. The summed E-state index contributed by atoms with van der Waals surface area (Å²) >= 11 is 0. The van der Waals surface area contributed by atoms with Crippen LogP contribution in [0.1, 0.15) is 26.2 Å². The lowest BCUT2D eigenvalue weighted by Crippen LogP contribution is -2.32. The molecule has 0 radical (unpaired) electrons. The summed E-state index contributed by atoms with van der Waals surface area (Å²) in [5.41, 5.74) is -0.141. The molecule has 1 unspecified atom stereocenters. The summed E-state index contributed by atoms with van der Waals surface area (Å²) in [7, 11) is 0. The van der Waals surface area contributed by atoms with E-state index >= 15 is 0 Å². The van der Waals surface area contributed by atoms with Gasteiger partial charge in [-0.15, -0.1) is 0 Å². The third-order valence-corrected chi connectivity index (χ3v) is 2.58. The van der Waals surface area contributed by atoms with Crippen LogP contribution in [-0.4, -0.2) is 22.9 Å². The molecule has 1 N–H and O–H groups in total. The van der Waals surface area contributed by atoms with Gasteiger partial charge < -0.3 is 9.84 Å². The van der Waals surface area contributed by atoms with Crippen molar-refractivity contribution in [2.24, 2.45) is 0 Å². The fourth-order valence-electron chi connectivity index (χ4n) is 1.69. The molecule has 0 spiro atoms. The van der Waals surface area contributed by atoms with Crippen molar-refractivity contribution in [1.29, 1.82) is 0 Å². The van der Waals surface area contributed by atoms with E-state index in [0.717, 1.165) is 19.3 Å². The molecular weight excluding hydrogens is 116 g/mol. The molecule has 2 aliphatic rings. The third-order valence-electron chi connectivity index (χ3n) is 2.58. The van der Waals surface area contributed by atoms with Crippen LogP contribution in [0.15, 0.2) is 0 Å². The first-order valence-corrected chi connectivity index (χ1v) is 3.59. The van der Waals surface area contributed by atoms with E-state index in [0.29, 0.717) is 6.10 Å². The van der Waals surface area contributed by atoms with Crippen molar-refractivity contribution in [3.05, 3.63) is 0 Å². The Balaban J connectivity index is 2.10. The van der Waals surface area contributed by atoms with Crippen LogP contribution >= 0.6 is 0 Å². The van der Waals surface area contributed by atoms with Crippen LogP contribution in [0.5, 0.6) is 0 Å². The zero-order chi connectivity index (χ0) is 6.48. The Morgan fingerprint density at radius 3 is 2.89 bits per heavy atom. The molecule has 0 aromatic carbocycles. The third kappa shape index (κ3) is 0.634. The van der Waals surface area contributed by atoms with E-state index in [1.807, 2.05) is 6.92 Å². The Morgan fingerprint density at radius 1 is 1.56 bits per heavy atom. The Labute approximate surface area is 54.8 Å². The summed E-state index contributed by atoms with van der Waals surface area (Å²) in [5.74, 6) is 0. The number of hydrogen-bond acceptors (Lipinski definition) is 2. The maximum absolute atomic E-state index is 9.35. The predicted octanol–water partition coefficient (Wildman–Crippen LogP) is 0.689. The van der Waals surface area contributed by atoms with Gasteiger partial charge in [0.25, 0.3) is 0 Å². The molecule has 2 rings (SSSR count). The zero-order valence-corrected chi connectivity index (χ0v) is 5.63. The van der Waals surface area contributed by atoms with E-state index in [4.69, 9.17) is 4.74 Å². The van der Waals surface area contributed by atoms with Crippen molar-refractivity contribution in [2.45, 2.75) is 44.0 Å². The standard InChI is InChI=1S/C7H12O2/c1-7-5(8)3-2-4-6(7)9-7/h5-6,8H,2-4H2,1H3/t5?,6-,7-/m1/s1. The molecule has 1 aliphatic carbocycles. The van der Waals surface area contributed by atoms with Gasteiger partial charge in [-0.3, -0.25) is 0 Å². The van der Waals surface area contributed by atoms with E-state index in [1.165, 1.54) is 0 Å². The topological polar surface area (TPSA) is 32.8 Å². The maximum atomic E-state index is 9.35. The lowest BCUT2D eigenvalue weighted by atomic mass is 9.88. The molecule has 3 atom stereocenters. The zero-order valence-electron chi connectivity index (χ0n) is 5.63. The summed E-state index contributed by atoms with van der Waals surface area (Å²) < 4.78 is 5.33. The first-order valence-electron chi connectivity index (χ1n) is 3.59. The molecule has 0 amide bonds. The van der Waals surface area contributed by atoms with Crippen LogP contribution in [-0.2, 0) is 4.74 Å². The van der Waals surface area contributed by atoms with Crippen molar-refractivity contribution in [2.75, 3.05) is 0 Å². The van der Waals surface area contributed by atoms with E-state index in [-0.39, 0.29) is 11.7 Å². The van der Waals surface area contributed by atoms with Gasteiger partial charge >= 0.3 is 0 Å². The van der Waals surface area contributed by atoms with Gasteiger partial charge in [0.05, 0.1) is 12.2 Å². The summed E-state index contributed by atoms with van der Waals surface area (Å²) in [5, 5.41) is 9.35. The fraction of sp³-hybridized carbons (Fsp3) is 1.00. The highest BCUT2D eigenvalue weighted by Gasteiger charge is 2.58. The summed E-state index contributed by atoms with van der Waals surface area (Å²) in [6, 6.07) is 0. The van der Waals surface area contributed by atoms with Crippen LogP contribution in [0.4, 0.5) is 0 Å². The second kappa shape index (κ2) is 1.50. The van der Waals surface area contributed by atoms with Crippen LogP contribution in [0.25, 0.3) is 0 Å². The van der Waals surface area contributed by atoms with Crippen LogP contribution in [0.2, 0.25) is 0 Å². The Bertz CT molecular complexity index is 135. The largest absolute Gasteiger partial charge is 0.390 e. The number of aliphatic hydroxyl groups excluding tert-OH is 1. The van der Waals surface area contributed by atoms with E-state index in [9.17, 15) is 5.11 Å². The van der Waals surface area contributed by atoms with Gasteiger partial charge in [-0.25, -0.2) is 0 Å². The number of rotatable bonds is 0. The first-order chi connectivity index (χ1) is 4.23. The molecule has 1 saturated heterocycles. The maximum Gasteiger partial charge on any atom is 0.118 e. The minimum Gasteiger partial charge on any atom is -0.390 e. The van der Waals surface area contributed by atoms with Crippen LogP contribution in [0, 0.1) is 0 Å². The number of epoxide rings is 1. The Morgan fingerprint density at radius 2 is 2.33 bits per heavy atom. The van der Waals surface area contributed by atoms with Crippen molar-refractivity contribution >= 4 is 0 Å². The van der Waals surface area contributed by atoms with Gasteiger partial charge in [0, 0.05) is 0 Å². The quantitative estimate of drug-likeness (QED) is 0.487. The number of hydrogen-bond donors (Lipinski definition) is 1. The molecule has 2 heteroatoms. The number of aliphatic hydroxyl groups is 1. The summed E-state index contributed by atoms with van der Waals surface area (Å²) in [4.78, 5) is 0. The SMILES string of the molecule is C[C@]12O[C@@H]1CCCC2O. The van der Waals surface area contributed by atoms with Crippen LogP contribution < -0.4 is 0 Å². The van der Waals surface area contributed by atoms with Gasteiger partial charge in [-0.05, 0) is 26.2 Å². The first kappa shape index (κ1) is 5.69. The van der Waals surface area contributed by atoms with Crippen molar-refractivity contribution in [3.8, 4) is 0 Å². The highest BCUT2D eigenvalue weighted by Crippen LogP contribution is 2.47. The number of fused-ring (bicyclic) bond motifs is 1. The molecule has 2 fully saturated rings. The molecule has 1 aliphatic heterocycles. The van der Waals surface area contributed by atoms with E-state index in [1.54, 1.807) is 0 Å². The Kier molecular flexibility index (Phi) is 0.945. The second-order valence-electron chi connectivity index (χ2n) is 3.24. The molecule has 0 aromatic rings. The van der Waals surface area contributed by atoms with Crippen molar-refractivity contribution in [1.82, 2.24) is 0 Å².